The summed E-state index contributed by atoms with van der Waals surface area (Å²) < 4.78 is 16.1. The molecule has 2 atom stereocenters. The molecule has 2 aliphatic heterocycles. The van der Waals surface area contributed by atoms with Gasteiger partial charge in [-0.25, -0.2) is 4.79 Å². The second kappa shape index (κ2) is 7.22. The summed E-state index contributed by atoms with van der Waals surface area (Å²) in [7, 11) is 1.40. The topological polar surface area (TPSA) is 56.8 Å². The van der Waals surface area contributed by atoms with Crippen LogP contribution in [0.15, 0.2) is 24.3 Å². The SMILES string of the molecule is COC(=O)c1ccc(C2CCNCC2OCC2COC2)cc1. The molecule has 5 heteroatoms. The molecule has 0 radical (unpaired) electrons. The number of benzene rings is 1. The van der Waals surface area contributed by atoms with Crippen molar-refractivity contribution in [3.8, 4) is 0 Å². The van der Waals surface area contributed by atoms with Crippen LogP contribution in [0.5, 0.6) is 0 Å². The van der Waals surface area contributed by atoms with Crippen molar-refractivity contribution in [3.05, 3.63) is 35.4 Å². The van der Waals surface area contributed by atoms with E-state index in [1.165, 1.54) is 12.7 Å². The smallest absolute Gasteiger partial charge is 0.337 e. The van der Waals surface area contributed by atoms with E-state index in [-0.39, 0.29) is 12.1 Å². The molecule has 120 valence electrons. The minimum Gasteiger partial charge on any atom is -0.465 e. The number of carbonyl (C=O) groups is 1. The number of piperidine rings is 1. The normalized spacial score (nSPS) is 25.5. The third-order valence-electron chi connectivity index (χ3n) is 4.44. The molecule has 5 nitrogen and oxygen atoms in total. The Labute approximate surface area is 130 Å². The fourth-order valence-corrected chi connectivity index (χ4v) is 3.01. The third-order valence-corrected chi connectivity index (χ3v) is 4.44. The van der Waals surface area contributed by atoms with Gasteiger partial charge in [-0.15, -0.1) is 0 Å². The fourth-order valence-electron chi connectivity index (χ4n) is 3.01. The predicted octanol–water partition coefficient (Wildman–Crippen LogP) is 1.58. The second-order valence-corrected chi connectivity index (χ2v) is 5.99. The molecule has 2 unspecified atom stereocenters. The van der Waals surface area contributed by atoms with Gasteiger partial charge in [0, 0.05) is 18.4 Å². The van der Waals surface area contributed by atoms with E-state index in [1.54, 1.807) is 0 Å². The first-order valence-corrected chi connectivity index (χ1v) is 7.86. The van der Waals surface area contributed by atoms with Gasteiger partial charge in [-0.1, -0.05) is 12.1 Å². The molecule has 1 N–H and O–H groups in total. The van der Waals surface area contributed by atoms with E-state index in [0.717, 1.165) is 39.3 Å². The molecule has 0 spiro atoms. The second-order valence-electron chi connectivity index (χ2n) is 5.99. The highest BCUT2D eigenvalue weighted by Gasteiger charge is 2.29. The van der Waals surface area contributed by atoms with Gasteiger partial charge in [-0.2, -0.15) is 0 Å². The molecule has 0 aromatic heterocycles. The molecule has 2 fully saturated rings. The van der Waals surface area contributed by atoms with Gasteiger partial charge in [0.2, 0.25) is 0 Å². The summed E-state index contributed by atoms with van der Waals surface area (Å²) in [5, 5.41) is 3.40. The minimum absolute atomic E-state index is 0.179. The average Bonchev–Trinajstić information content (AvgIpc) is 2.53. The molecule has 3 rings (SSSR count). The molecule has 2 saturated heterocycles. The first kappa shape index (κ1) is 15.5. The zero-order chi connectivity index (χ0) is 15.4. The number of nitrogens with one attached hydrogen (secondary N) is 1. The third kappa shape index (κ3) is 3.48. The molecule has 22 heavy (non-hydrogen) atoms. The van der Waals surface area contributed by atoms with Crippen molar-refractivity contribution >= 4 is 5.97 Å². The Kier molecular flexibility index (Phi) is 5.08. The Morgan fingerprint density at radius 3 is 2.73 bits per heavy atom. The van der Waals surface area contributed by atoms with Crippen LogP contribution in [0.2, 0.25) is 0 Å². The Hall–Kier alpha value is -1.43. The molecular formula is C17H23NO4. The van der Waals surface area contributed by atoms with E-state index in [2.05, 4.69) is 5.32 Å². The maximum absolute atomic E-state index is 11.5. The number of methoxy groups -OCH3 is 1. The van der Waals surface area contributed by atoms with Gasteiger partial charge in [-0.05, 0) is 30.7 Å². The Bertz CT molecular complexity index is 498. The lowest BCUT2D eigenvalue weighted by atomic mass is 9.87. The van der Waals surface area contributed by atoms with Gasteiger partial charge in [0.15, 0.2) is 0 Å². The summed E-state index contributed by atoms with van der Waals surface area (Å²) in [5.41, 5.74) is 1.81. The van der Waals surface area contributed by atoms with E-state index in [1.807, 2.05) is 24.3 Å². The summed E-state index contributed by atoms with van der Waals surface area (Å²) >= 11 is 0. The molecule has 0 amide bonds. The van der Waals surface area contributed by atoms with Crippen LogP contribution in [0.1, 0.15) is 28.3 Å². The monoisotopic (exact) mass is 305 g/mol. The molecule has 0 saturated carbocycles. The zero-order valence-corrected chi connectivity index (χ0v) is 12.9. The van der Waals surface area contributed by atoms with E-state index in [4.69, 9.17) is 14.2 Å². The van der Waals surface area contributed by atoms with Crippen LogP contribution < -0.4 is 5.32 Å². The van der Waals surface area contributed by atoms with Gasteiger partial charge in [0.1, 0.15) is 0 Å². The van der Waals surface area contributed by atoms with Crippen LogP contribution in [-0.2, 0) is 14.2 Å². The van der Waals surface area contributed by atoms with E-state index in [9.17, 15) is 4.79 Å². The highest BCUT2D eigenvalue weighted by Crippen LogP contribution is 2.29. The quantitative estimate of drug-likeness (QED) is 0.837. The van der Waals surface area contributed by atoms with Gasteiger partial charge in [-0.3, -0.25) is 0 Å². The zero-order valence-electron chi connectivity index (χ0n) is 12.9. The maximum atomic E-state index is 11.5. The fraction of sp³-hybridized carbons (Fsp3) is 0.588. The molecule has 0 aliphatic carbocycles. The standard InChI is InChI=1S/C17H23NO4/c1-20-17(19)14-4-2-13(3-5-14)15-6-7-18-8-16(15)22-11-12-9-21-10-12/h2-5,12,15-16,18H,6-11H2,1H3. The molecule has 2 aliphatic rings. The number of ether oxygens (including phenoxy) is 3. The van der Waals surface area contributed by atoms with Crippen molar-refractivity contribution < 1.29 is 19.0 Å². The molecule has 1 aromatic rings. The van der Waals surface area contributed by atoms with Crippen LogP contribution in [0.3, 0.4) is 0 Å². The van der Waals surface area contributed by atoms with Crippen molar-refractivity contribution in [2.24, 2.45) is 5.92 Å². The van der Waals surface area contributed by atoms with Crippen molar-refractivity contribution in [1.29, 1.82) is 0 Å². The Balaban J connectivity index is 1.65. The first-order valence-electron chi connectivity index (χ1n) is 7.86. The van der Waals surface area contributed by atoms with Crippen molar-refractivity contribution in [1.82, 2.24) is 5.32 Å². The lowest BCUT2D eigenvalue weighted by Crippen LogP contribution is -2.43. The van der Waals surface area contributed by atoms with Crippen LogP contribution >= 0.6 is 0 Å². The van der Waals surface area contributed by atoms with Crippen LogP contribution in [0.4, 0.5) is 0 Å². The van der Waals surface area contributed by atoms with Gasteiger partial charge < -0.3 is 19.5 Å². The minimum atomic E-state index is -0.297. The molecular weight excluding hydrogens is 282 g/mol. The predicted molar refractivity (Wildman–Crippen MR) is 82.1 cm³/mol. The van der Waals surface area contributed by atoms with Crippen LogP contribution in [0.25, 0.3) is 0 Å². The lowest BCUT2D eigenvalue weighted by Gasteiger charge is -2.35. The number of hydrogen-bond donors (Lipinski definition) is 1. The Morgan fingerprint density at radius 2 is 2.09 bits per heavy atom. The summed E-state index contributed by atoms with van der Waals surface area (Å²) in [6.07, 6.45) is 1.22. The molecule has 1 aromatic carbocycles. The van der Waals surface area contributed by atoms with Crippen LogP contribution in [0, 0.1) is 5.92 Å². The van der Waals surface area contributed by atoms with Crippen molar-refractivity contribution in [2.75, 3.05) is 40.0 Å². The molecule has 0 bridgehead atoms. The lowest BCUT2D eigenvalue weighted by molar-refractivity contribution is -0.0932. The largest absolute Gasteiger partial charge is 0.465 e. The van der Waals surface area contributed by atoms with E-state index in [0.29, 0.717) is 17.4 Å². The summed E-state index contributed by atoms with van der Waals surface area (Å²) in [6, 6.07) is 7.70. The number of esters is 1. The van der Waals surface area contributed by atoms with Gasteiger partial charge >= 0.3 is 5.97 Å². The summed E-state index contributed by atoms with van der Waals surface area (Å²) in [6.45, 7) is 4.27. The first-order chi connectivity index (χ1) is 10.8. The number of hydrogen-bond acceptors (Lipinski definition) is 5. The van der Waals surface area contributed by atoms with Crippen LogP contribution in [-0.4, -0.2) is 52.1 Å². The molecule has 2 heterocycles. The Morgan fingerprint density at radius 1 is 1.32 bits per heavy atom. The number of rotatable bonds is 5. The van der Waals surface area contributed by atoms with Crippen molar-refractivity contribution in [3.63, 3.8) is 0 Å². The van der Waals surface area contributed by atoms with E-state index < -0.39 is 0 Å². The maximum Gasteiger partial charge on any atom is 0.337 e. The van der Waals surface area contributed by atoms with Crippen molar-refractivity contribution in [2.45, 2.75) is 18.4 Å². The van der Waals surface area contributed by atoms with Gasteiger partial charge in [0.25, 0.3) is 0 Å². The van der Waals surface area contributed by atoms with E-state index >= 15 is 0 Å². The number of carbonyl (C=O) groups excluding carboxylic acids is 1. The summed E-state index contributed by atoms with van der Waals surface area (Å²) in [5.74, 6) is 0.618. The average molecular weight is 305 g/mol. The van der Waals surface area contributed by atoms with Gasteiger partial charge in [0.05, 0.1) is 38.6 Å². The highest BCUT2D eigenvalue weighted by atomic mass is 16.5. The summed E-state index contributed by atoms with van der Waals surface area (Å²) in [4.78, 5) is 11.5. The highest BCUT2D eigenvalue weighted by molar-refractivity contribution is 5.89.